The lowest BCUT2D eigenvalue weighted by atomic mass is 9.98. The summed E-state index contributed by atoms with van der Waals surface area (Å²) in [6.45, 7) is -2.59. The van der Waals surface area contributed by atoms with Crippen molar-refractivity contribution in [2.45, 2.75) is 77.4 Å². The highest BCUT2D eigenvalue weighted by molar-refractivity contribution is 6.22. The molecule has 26 heteroatoms. The van der Waals surface area contributed by atoms with Gasteiger partial charge in [-0.3, -0.25) is 9.59 Å². The molecular formula is C17H12Cl2F20N2O2. The molecule has 2 N–H and O–H groups in total. The minimum atomic E-state index is -7.64. The maximum Gasteiger partial charge on any atom is 0.393 e. The van der Waals surface area contributed by atoms with Crippen LogP contribution in [0.5, 0.6) is 0 Å². The quantitative estimate of drug-likeness (QED) is 0.101. The van der Waals surface area contributed by atoms with E-state index in [0.717, 1.165) is 10.6 Å². The van der Waals surface area contributed by atoms with Gasteiger partial charge in [0.2, 0.25) is 0 Å². The first kappa shape index (κ1) is 41.1. The minimum absolute atomic E-state index is 0.677. The van der Waals surface area contributed by atoms with E-state index in [0.29, 0.717) is 0 Å². The van der Waals surface area contributed by atoms with E-state index in [9.17, 15) is 97.4 Å². The van der Waals surface area contributed by atoms with Crippen molar-refractivity contribution in [2.24, 2.45) is 0 Å². The molecule has 0 aliphatic heterocycles. The van der Waals surface area contributed by atoms with E-state index < -0.39 is 102 Å². The molecule has 256 valence electrons. The summed E-state index contributed by atoms with van der Waals surface area (Å²) in [5.74, 6) is -65.5. The molecule has 0 aromatic rings. The summed E-state index contributed by atoms with van der Waals surface area (Å²) in [4.78, 5) is 22.4. The van der Waals surface area contributed by atoms with E-state index in [4.69, 9.17) is 0 Å². The predicted molar refractivity (Wildman–Crippen MR) is 101 cm³/mol. The standard InChI is InChI=1S/C17H12Cl2F20N2O2/c18-16(36,37)14(32,33)12(28,29)10(24,25)8(20,21)6(42)40-4-2-1-3-5-41-7(43)9(22,23)11(26,27)13(30,31)15(34,35)17(19,38)39/h1-5H2,(H,40,42)(H,41,43). The number of hydrogen-bond donors (Lipinski definition) is 2. The van der Waals surface area contributed by atoms with Crippen molar-refractivity contribution in [2.75, 3.05) is 13.1 Å². The maximum absolute atomic E-state index is 13.6. The molecule has 0 saturated heterocycles. The molecule has 43 heavy (non-hydrogen) atoms. The van der Waals surface area contributed by atoms with E-state index in [2.05, 4.69) is 23.2 Å². The summed E-state index contributed by atoms with van der Waals surface area (Å²) in [6.07, 6.45) is -2.29. The van der Waals surface area contributed by atoms with Crippen LogP contribution in [-0.4, -0.2) is 83.0 Å². The summed E-state index contributed by atoms with van der Waals surface area (Å²) in [6, 6.07) is 0. The first-order valence-electron chi connectivity index (χ1n) is 10.3. The molecule has 0 radical (unpaired) electrons. The highest BCUT2D eigenvalue weighted by Gasteiger charge is 2.88. The molecular weight excluding hydrogens is 715 g/mol. The number of hydrogen-bond acceptors (Lipinski definition) is 2. The van der Waals surface area contributed by atoms with Crippen molar-refractivity contribution < 1.29 is 97.4 Å². The van der Waals surface area contributed by atoms with Gasteiger partial charge in [0, 0.05) is 13.1 Å². The fourth-order valence-electron chi connectivity index (χ4n) is 2.48. The monoisotopic (exact) mass is 726 g/mol. The van der Waals surface area contributed by atoms with Gasteiger partial charge in [0.05, 0.1) is 0 Å². The van der Waals surface area contributed by atoms with Gasteiger partial charge < -0.3 is 10.6 Å². The second-order valence-electron chi connectivity index (χ2n) is 8.16. The number of amides is 2. The molecule has 0 fully saturated rings. The van der Waals surface area contributed by atoms with Gasteiger partial charge in [-0.2, -0.15) is 87.8 Å². The van der Waals surface area contributed by atoms with Crippen LogP contribution >= 0.6 is 23.2 Å². The van der Waals surface area contributed by atoms with Crippen molar-refractivity contribution in [1.82, 2.24) is 10.6 Å². The number of rotatable bonds is 16. The molecule has 0 spiro atoms. The van der Waals surface area contributed by atoms with Crippen LogP contribution in [0.3, 0.4) is 0 Å². The predicted octanol–water partition coefficient (Wildman–Crippen LogP) is 7.13. The highest BCUT2D eigenvalue weighted by Crippen LogP contribution is 2.59. The summed E-state index contributed by atoms with van der Waals surface area (Å²) in [7, 11) is 0. The molecule has 2 amide bonds. The molecule has 0 unspecified atom stereocenters. The zero-order chi connectivity index (χ0) is 35.1. The summed E-state index contributed by atoms with van der Waals surface area (Å²) in [5.41, 5.74) is 0. The van der Waals surface area contributed by atoms with E-state index in [-0.39, 0.29) is 0 Å². The number of carbonyl (C=O) groups excluding carboxylic acids is 2. The van der Waals surface area contributed by atoms with E-state index in [1.165, 1.54) is 0 Å². The van der Waals surface area contributed by atoms with E-state index in [1.54, 1.807) is 0 Å². The zero-order valence-corrected chi connectivity index (χ0v) is 21.2. The normalized spacial score (nSPS) is 15.4. The van der Waals surface area contributed by atoms with Gasteiger partial charge in [0.25, 0.3) is 11.8 Å². The van der Waals surface area contributed by atoms with Gasteiger partial charge in [-0.25, -0.2) is 0 Å². The fraction of sp³-hybridized carbons (Fsp3) is 0.882. The fourth-order valence-corrected chi connectivity index (χ4v) is 2.72. The third-order valence-corrected chi connectivity index (χ3v) is 5.55. The Kier molecular flexibility index (Phi) is 11.6. The Morgan fingerprint density at radius 2 is 0.628 bits per heavy atom. The third-order valence-electron chi connectivity index (χ3n) is 5.07. The molecule has 0 atom stereocenters. The first-order valence-corrected chi connectivity index (χ1v) is 11.0. The third kappa shape index (κ3) is 6.87. The van der Waals surface area contributed by atoms with Gasteiger partial charge in [-0.05, 0) is 42.5 Å². The minimum Gasteiger partial charge on any atom is -0.351 e. The Balaban J connectivity index is 5.18. The summed E-state index contributed by atoms with van der Waals surface area (Å²) >= 11 is 7.14. The second-order valence-corrected chi connectivity index (χ2v) is 9.11. The maximum atomic E-state index is 13.6. The largest absolute Gasteiger partial charge is 0.393 e. The van der Waals surface area contributed by atoms with Crippen molar-refractivity contribution in [3.05, 3.63) is 0 Å². The van der Waals surface area contributed by atoms with Crippen LogP contribution in [0.25, 0.3) is 0 Å². The Morgan fingerprint density at radius 1 is 0.395 bits per heavy atom. The van der Waals surface area contributed by atoms with Crippen LogP contribution < -0.4 is 10.6 Å². The van der Waals surface area contributed by atoms with Crippen LogP contribution in [0, 0.1) is 0 Å². The number of alkyl halides is 22. The second kappa shape index (κ2) is 12.1. The Hall–Kier alpha value is -1.88. The molecule has 0 heterocycles. The molecule has 0 aromatic heterocycles. The number of unbranched alkanes of at least 4 members (excludes halogenated alkanes) is 2. The van der Waals surface area contributed by atoms with Crippen LogP contribution in [0.15, 0.2) is 0 Å². The summed E-state index contributed by atoms with van der Waals surface area (Å²) in [5, 5.41) is -11.5. The molecule has 0 aliphatic carbocycles. The smallest absolute Gasteiger partial charge is 0.351 e. The Labute approximate surface area is 234 Å². The van der Waals surface area contributed by atoms with Gasteiger partial charge in [-0.15, -0.1) is 0 Å². The van der Waals surface area contributed by atoms with Crippen LogP contribution in [0.1, 0.15) is 19.3 Å². The van der Waals surface area contributed by atoms with E-state index in [1.807, 2.05) is 0 Å². The molecule has 0 rings (SSSR count). The molecule has 0 aromatic carbocycles. The van der Waals surface area contributed by atoms with Crippen LogP contribution in [-0.2, 0) is 9.59 Å². The van der Waals surface area contributed by atoms with Crippen molar-refractivity contribution in [3.63, 3.8) is 0 Å². The van der Waals surface area contributed by atoms with E-state index >= 15 is 0 Å². The van der Waals surface area contributed by atoms with Gasteiger partial charge >= 0.3 is 58.1 Å². The Bertz CT molecular complexity index is 930. The summed E-state index contributed by atoms with van der Waals surface area (Å²) < 4.78 is 263. The van der Waals surface area contributed by atoms with Gasteiger partial charge in [0.1, 0.15) is 0 Å². The van der Waals surface area contributed by atoms with Crippen molar-refractivity contribution in [1.29, 1.82) is 0 Å². The first-order chi connectivity index (χ1) is 18.5. The van der Waals surface area contributed by atoms with Crippen molar-refractivity contribution >= 4 is 35.0 Å². The van der Waals surface area contributed by atoms with Crippen LogP contribution in [0.2, 0.25) is 0 Å². The van der Waals surface area contributed by atoms with Crippen LogP contribution in [0.4, 0.5) is 87.8 Å². The average molecular weight is 727 g/mol. The molecule has 4 nitrogen and oxygen atoms in total. The highest BCUT2D eigenvalue weighted by atomic mass is 35.5. The SMILES string of the molecule is O=C(NCCCCCNC(=O)C(F)(F)C(F)(F)C(F)(F)C(F)(F)C(F)(F)Cl)C(F)(F)C(F)(F)C(F)(F)C(F)(F)C(F)(F)Cl. The number of carbonyl (C=O) groups is 2. The number of nitrogens with one attached hydrogen (secondary N) is 2. The molecule has 0 aliphatic rings. The molecule has 0 saturated carbocycles. The lowest BCUT2D eigenvalue weighted by Crippen LogP contribution is -2.69. The van der Waals surface area contributed by atoms with Gasteiger partial charge in [0.15, 0.2) is 0 Å². The molecule has 0 bridgehead atoms. The van der Waals surface area contributed by atoms with Gasteiger partial charge in [-0.1, -0.05) is 0 Å². The lowest BCUT2D eigenvalue weighted by Gasteiger charge is -2.37. The lowest BCUT2D eigenvalue weighted by molar-refractivity contribution is -0.382. The number of halogens is 22. The average Bonchev–Trinajstić information content (AvgIpc) is 2.80. The zero-order valence-electron chi connectivity index (χ0n) is 19.7. The van der Waals surface area contributed by atoms with Crippen molar-refractivity contribution in [3.8, 4) is 0 Å². The Morgan fingerprint density at radius 3 is 0.837 bits per heavy atom. The topological polar surface area (TPSA) is 58.2 Å².